The Bertz CT molecular complexity index is 1170. The molecule has 0 fully saturated rings. The summed E-state index contributed by atoms with van der Waals surface area (Å²) in [6, 6.07) is 9.56. The third kappa shape index (κ3) is 3.23. The second-order valence-corrected chi connectivity index (χ2v) is 6.99. The molecule has 1 aromatic carbocycles. The van der Waals surface area contributed by atoms with Gasteiger partial charge in [-0.25, -0.2) is 14.4 Å². The number of nitrogen functional groups attached to an aromatic ring is 1. The summed E-state index contributed by atoms with van der Waals surface area (Å²) in [5.74, 6) is 1.41. The van der Waals surface area contributed by atoms with Gasteiger partial charge in [-0.2, -0.15) is 4.52 Å². The van der Waals surface area contributed by atoms with Gasteiger partial charge in [-0.1, -0.05) is 12.1 Å². The fourth-order valence-electron chi connectivity index (χ4n) is 3.72. The second kappa shape index (κ2) is 7.25. The van der Waals surface area contributed by atoms with Gasteiger partial charge in [0, 0.05) is 37.6 Å². The van der Waals surface area contributed by atoms with E-state index < -0.39 is 6.67 Å². The number of ether oxygens (including phenoxy) is 1. The number of alkyl halides is 1. The van der Waals surface area contributed by atoms with Gasteiger partial charge in [0.1, 0.15) is 24.5 Å². The largest absolute Gasteiger partial charge is 0.489 e. The maximum absolute atomic E-state index is 12.5. The molecule has 5 rings (SSSR count). The number of benzene rings is 1. The SMILES string of the molecule is Nc1nc2c(OCCF)cccc2c2nc(CCN3Cc4cccnc4C3)nn12. The maximum atomic E-state index is 12.5. The molecule has 148 valence electrons. The highest BCUT2D eigenvalue weighted by molar-refractivity contribution is 5.95. The lowest BCUT2D eigenvalue weighted by atomic mass is 10.2. The van der Waals surface area contributed by atoms with Gasteiger partial charge in [0.05, 0.1) is 5.69 Å². The summed E-state index contributed by atoms with van der Waals surface area (Å²) in [5.41, 5.74) is 9.70. The van der Waals surface area contributed by atoms with Crippen LogP contribution in [0.15, 0.2) is 36.5 Å². The number of halogens is 1. The molecule has 3 aromatic heterocycles. The van der Waals surface area contributed by atoms with Crippen LogP contribution in [0.5, 0.6) is 5.75 Å². The van der Waals surface area contributed by atoms with Gasteiger partial charge in [-0.05, 0) is 23.8 Å². The van der Waals surface area contributed by atoms with E-state index in [1.165, 1.54) is 5.56 Å². The summed E-state index contributed by atoms with van der Waals surface area (Å²) < 4.78 is 19.5. The van der Waals surface area contributed by atoms with Crippen LogP contribution in [0, 0.1) is 0 Å². The molecule has 2 N–H and O–H groups in total. The van der Waals surface area contributed by atoms with Gasteiger partial charge in [0.2, 0.25) is 5.95 Å². The third-order valence-corrected chi connectivity index (χ3v) is 5.07. The van der Waals surface area contributed by atoms with Crippen LogP contribution in [0.1, 0.15) is 17.1 Å². The summed E-state index contributed by atoms with van der Waals surface area (Å²) in [6.07, 6.45) is 2.52. The number of para-hydroxylation sites is 1. The minimum absolute atomic E-state index is 0.0309. The highest BCUT2D eigenvalue weighted by atomic mass is 19.1. The number of fused-ring (bicyclic) bond motifs is 4. The average Bonchev–Trinajstić information content (AvgIpc) is 3.35. The molecule has 0 radical (unpaired) electrons. The van der Waals surface area contributed by atoms with Crippen molar-refractivity contribution in [2.24, 2.45) is 0 Å². The zero-order valence-corrected chi connectivity index (χ0v) is 15.8. The van der Waals surface area contributed by atoms with E-state index in [1.807, 2.05) is 24.4 Å². The predicted molar refractivity (Wildman–Crippen MR) is 106 cm³/mol. The number of pyridine rings is 1. The molecule has 29 heavy (non-hydrogen) atoms. The van der Waals surface area contributed by atoms with E-state index in [0.29, 0.717) is 29.2 Å². The van der Waals surface area contributed by atoms with Gasteiger partial charge in [0.25, 0.3) is 0 Å². The predicted octanol–water partition coefficient (Wildman–Crippen LogP) is 2.16. The molecule has 0 bridgehead atoms. The molecule has 4 heterocycles. The molecule has 0 spiro atoms. The number of aromatic nitrogens is 5. The Morgan fingerprint density at radius 2 is 2.07 bits per heavy atom. The Morgan fingerprint density at radius 3 is 2.93 bits per heavy atom. The zero-order chi connectivity index (χ0) is 19.8. The van der Waals surface area contributed by atoms with Crippen LogP contribution in [0.4, 0.5) is 10.3 Å². The Kier molecular flexibility index (Phi) is 4.44. The van der Waals surface area contributed by atoms with E-state index >= 15 is 0 Å². The lowest BCUT2D eigenvalue weighted by Gasteiger charge is -2.12. The van der Waals surface area contributed by atoms with Crippen LogP contribution in [-0.2, 0) is 19.5 Å². The van der Waals surface area contributed by atoms with Crippen LogP contribution in [0.25, 0.3) is 16.6 Å². The number of nitrogens with two attached hydrogens (primary N) is 1. The van der Waals surface area contributed by atoms with Crippen molar-refractivity contribution >= 4 is 22.5 Å². The van der Waals surface area contributed by atoms with Gasteiger partial charge in [0.15, 0.2) is 11.5 Å². The standard InChI is InChI=1S/C20H20FN7O/c21-7-10-29-16-5-1-4-14-18(16)25-20(22)28-19(14)24-17(26-28)6-9-27-11-13-3-2-8-23-15(13)12-27/h1-5,8H,6-7,9-12H2,(H2,22,25). The van der Waals surface area contributed by atoms with Crippen molar-refractivity contribution in [3.63, 3.8) is 0 Å². The lowest BCUT2D eigenvalue weighted by molar-refractivity contribution is 0.275. The van der Waals surface area contributed by atoms with Crippen molar-refractivity contribution in [1.82, 2.24) is 29.5 Å². The summed E-state index contributed by atoms with van der Waals surface area (Å²) in [6.45, 7) is 1.95. The highest BCUT2D eigenvalue weighted by Gasteiger charge is 2.20. The topological polar surface area (TPSA) is 94.5 Å². The fraction of sp³-hybridized carbons (Fsp3) is 0.300. The molecule has 0 saturated carbocycles. The molecule has 1 aliphatic rings. The molecule has 9 heteroatoms. The maximum Gasteiger partial charge on any atom is 0.223 e. The Hall–Kier alpha value is -3.33. The van der Waals surface area contributed by atoms with Gasteiger partial charge >= 0.3 is 0 Å². The zero-order valence-electron chi connectivity index (χ0n) is 15.8. The molecule has 1 aliphatic heterocycles. The molecule has 0 aliphatic carbocycles. The Morgan fingerprint density at radius 1 is 1.14 bits per heavy atom. The third-order valence-electron chi connectivity index (χ3n) is 5.07. The first-order valence-corrected chi connectivity index (χ1v) is 9.50. The minimum Gasteiger partial charge on any atom is -0.489 e. The molecule has 8 nitrogen and oxygen atoms in total. The first-order chi connectivity index (χ1) is 14.2. The highest BCUT2D eigenvalue weighted by Crippen LogP contribution is 2.28. The van der Waals surface area contributed by atoms with Crippen LogP contribution in [0.2, 0.25) is 0 Å². The molecule has 0 atom stereocenters. The van der Waals surface area contributed by atoms with E-state index in [0.717, 1.165) is 30.7 Å². The van der Waals surface area contributed by atoms with Crippen LogP contribution >= 0.6 is 0 Å². The lowest BCUT2D eigenvalue weighted by Crippen LogP contribution is -2.20. The first kappa shape index (κ1) is 17.7. The summed E-state index contributed by atoms with van der Waals surface area (Å²) in [5, 5.41) is 5.31. The van der Waals surface area contributed by atoms with Gasteiger partial charge in [-0.3, -0.25) is 9.88 Å². The minimum atomic E-state index is -0.570. The van der Waals surface area contributed by atoms with Crippen molar-refractivity contribution < 1.29 is 9.13 Å². The average molecular weight is 393 g/mol. The smallest absolute Gasteiger partial charge is 0.223 e. The van der Waals surface area contributed by atoms with Crippen molar-refractivity contribution in [3.8, 4) is 5.75 Å². The van der Waals surface area contributed by atoms with Crippen molar-refractivity contribution in [2.75, 3.05) is 25.6 Å². The molecular weight excluding hydrogens is 373 g/mol. The molecule has 4 aromatic rings. The molecular formula is C20H20FN7O. The molecule has 0 unspecified atom stereocenters. The van der Waals surface area contributed by atoms with E-state index in [1.54, 1.807) is 10.6 Å². The van der Waals surface area contributed by atoms with Crippen LogP contribution in [0.3, 0.4) is 0 Å². The second-order valence-electron chi connectivity index (χ2n) is 6.99. The number of anilines is 1. The monoisotopic (exact) mass is 393 g/mol. The summed E-state index contributed by atoms with van der Waals surface area (Å²) in [4.78, 5) is 15.9. The summed E-state index contributed by atoms with van der Waals surface area (Å²) >= 11 is 0. The van der Waals surface area contributed by atoms with Crippen LogP contribution < -0.4 is 10.5 Å². The number of hydrogen-bond donors (Lipinski definition) is 1. The fourth-order valence-corrected chi connectivity index (χ4v) is 3.72. The van der Waals surface area contributed by atoms with Gasteiger partial charge in [-0.15, -0.1) is 5.10 Å². The quantitative estimate of drug-likeness (QED) is 0.536. The van der Waals surface area contributed by atoms with Crippen molar-refractivity contribution in [1.29, 1.82) is 0 Å². The Labute approximate surface area is 166 Å². The van der Waals surface area contributed by atoms with E-state index in [-0.39, 0.29) is 12.6 Å². The number of rotatable bonds is 6. The van der Waals surface area contributed by atoms with Crippen molar-refractivity contribution in [3.05, 3.63) is 53.6 Å². The van der Waals surface area contributed by atoms with E-state index in [2.05, 4.69) is 26.0 Å². The van der Waals surface area contributed by atoms with Crippen LogP contribution in [-0.4, -0.2) is 49.3 Å². The van der Waals surface area contributed by atoms with Crippen molar-refractivity contribution in [2.45, 2.75) is 19.5 Å². The first-order valence-electron chi connectivity index (χ1n) is 9.50. The van der Waals surface area contributed by atoms with E-state index in [9.17, 15) is 4.39 Å². The normalized spacial score (nSPS) is 14.0. The van der Waals surface area contributed by atoms with Gasteiger partial charge < -0.3 is 10.5 Å². The van der Waals surface area contributed by atoms with E-state index in [4.69, 9.17) is 15.5 Å². The number of nitrogens with zero attached hydrogens (tertiary/aromatic N) is 6. The molecule has 0 amide bonds. The summed E-state index contributed by atoms with van der Waals surface area (Å²) in [7, 11) is 0. The molecule has 0 saturated heterocycles. The number of hydrogen-bond acceptors (Lipinski definition) is 7. The Balaban J connectivity index is 1.41.